The van der Waals surface area contributed by atoms with Gasteiger partial charge in [-0.25, -0.2) is 0 Å². The lowest BCUT2D eigenvalue weighted by atomic mass is 10.1. The van der Waals surface area contributed by atoms with Crippen LogP contribution in [0.2, 0.25) is 0 Å². The molecule has 23 heavy (non-hydrogen) atoms. The van der Waals surface area contributed by atoms with E-state index < -0.39 is 0 Å². The Labute approximate surface area is 150 Å². The molecule has 0 spiro atoms. The third-order valence-corrected chi connectivity index (χ3v) is 3.35. The first kappa shape index (κ1) is 19.5. The SMILES string of the molecule is CCOc1c(Br)cc(C(=O)NNC(=S)NC(C)(C)C)cc1OC. The highest BCUT2D eigenvalue weighted by molar-refractivity contribution is 9.10. The molecule has 0 unspecified atom stereocenters. The number of hydrogen-bond donors (Lipinski definition) is 3. The Kier molecular flexibility index (Phi) is 7.08. The molecule has 0 atom stereocenters. The maximum absolute atomic E-state index is 12.2. The van der Waals surface area contributed by atoms with Gasteiger partial charge in [-0.15, -0.1) is 0 Å². The van der Waals surface area contributed by atoms with Gasteiger partial charge in [-0.2, -0.15) is 0 Å². The van der Waals surface area contributed by atoms with E-state index in [0.717, 1.165) is 0 Å². The van der Waals surface area contributed by atoms with Crippen LogP contribution < -0.4 is 25.6 Å². The van der Waals surface area contributed by atoms with E-state index in [2.05, 4.69) is 32.1 Å². The Morgan fingerprint density at radius 1 is 1.30 bits per heavy atom. The predicted octanol–water partition coefficient (Wildman–Crippen LogP) is 2.76. The van der Waals surface area contributed by atoms with E-state index in [4.69, 9.17) is 21.7 Å². The highest BCUT2D eigenvalue weighted by Crippen LogP contribution is 2.36. The molecule has 3 N–H and O–H groups in total. The van der Waals surface area contributed by atoms with Crippen molar-refractivity contribution >= 4 is 39.2 Å². The van der Waals surface area contributed by atoms with E-state index in [0.29, 0.717) is 33.3 Å². The highest BCUT2D eigenvalue weighted by atomic mass is 79.9. The Morgan fingerprint density at radius 2 is 1.96 bits per heavy atom. The molecule has 0 heterocycles. The van der Waals surface area contributed by atoms with Crippen LogP contribution >= 0.6 is 28.1 Å². The second-order valence-corrected chi connectivity index (χ2v) is 6.97. The fourth-order valence-corrected chi connectivity index (χ4v) is 2.61. The lowest BCUT2D eigenvalue weighted by Gasteiger charge is -2.23. The Morgan fingerprint density at radius 3 is 2.48 bits per heavy atom. The number of benzene rings is 1. The third-order valence-electron chi connectivity index (χ3n) is 2.56. The zero-order valence-corrected chi connectivity index (χ0v) is 16.3. The summed E-state index contributed by atoms with van der Waals surface area (Å²) in [5.74, 6) is 0.691. The first-order chi connectivity index (χ1) is 10.7. The van der Waals surface area contributed by atoms with Crippen molar-refractivity contribution in [2.45, 2.75) is 33.2 Å². The summed E-state index contributed by atoms with van der Waals surface area (Å²) in [4.78, 5) is 12.2. The van der Waals surface area contributed by atoms with Gasteiger partial charge >= 0.3 is 0 Å². The number of ether oxygens (including phenoxy) is 2. The molecule has 0 radical (unpaired) electrons. The van der Waals surface area contributed by atoms with Gasteiger partial charge in [-0.1, -0.05) is 0 Å². The van der Waals surface area contributed by atoms with E-state index in [1.807, 2.05) is 27.7 Å². The minimum Gasteiger partial charge on any atom is -0.493 e. The van der Waals surface area contributed by atoms with E-state index >= 15 is 0 Å². The molecule has 0 aromatic heterocycles. The van der Waals surface area contributed by atoms with Gasteiger partial charge in [0.15, 0.2) is 16.6 Å². The van der Waals surface area contributed by atoms with E-state index in [9.17, 15) is 4.79 Å². The third kappa shape index (κ3) is 6.23. The summed E-state index contributed by atoms with van der Waals surface area (Å²) < 4.78 is 11.4. The summed E-state index contributed by atoms with van der Waals surface area (Å²) in [5, 5.41) is 3.37. The second-order valence-electron chi connectivity index (χ2n) is 5.71. The minimum absolute atomic E-state index is 0.194. The molecule has 0 saturated heterocycles. The van der Waals surface area contributed by atoms with Gasteiger partial charge in [0.05, 0.1) is 18.2 Å². The molecule has 0 aliphatic rings. The molecule has 1 aromatic rings. The lowest BCUT2D eigenvalue weighted by molar-refractivity contribution is 0.0943. The quantitative estimate of drug-likeness (QED) is 0.530. The van der Waals surface area contributed by atoms with Crippen LogP contribution in [0.15, 0.2) is 16.6 Å². The predicted molar refractivity (Wildman–Crippen MR) is 98.0 cm³/mol. The monoisotopic (exact) mass is 403 g/mol. The number of carbonyl (C=O) groups excluding carboxylic acids is 1. The smallest absolute Gasteiger partial charge is 0.269 e. The maximum Gasteiger partial charge on any atom is 0.269 e. The van der Waals surface area contributed by atoms with Crippen molar-refractivity contribution in [3.63, 3.8) is 0 Å². The van der Waals surface area contributed by atoms with Gasteiger partial charge in [-0.05, 0) is 68.0 Å². The van der Waals surface area contributed by atoms with Gasteiger partial charge in [0.1, 0.15) is 0 Å². The number of rotatable bonds is 4. The number of thiocarbonyl (C=S) groups is 1. The van der Waals surface area contributed by atoms with Crippen molar-refractivity contribution in [1.82, 2.24) is 16.2 Å². The topological polar surface area (TPSA) is 71.6 Å². The summed E-state index contributed by atoms with van der Waals surface area (Å²) >= 11 is 8.49. The lowest BCUT2D eigenvalue weighted by Crippen LogP contribution is -2.52. The summed E-state index contributed by atoms with van der Waals surface area (Å²) in [7, 11) is 1.52. The molecular formula is C15H22BrN3O3S. The van der Waals surface area contributed by atoms with Crippen molar-refractivity contribution in [3.05, 3.63) is 22.2 Å². The molecule has 128 valence electrons. The zero-order chi connectivity index (χ0) is 17.6. The van der Waals surface area contributed by atoms with Crippen LogP contribution in [0.1, 0.15) is 38.1 Å². The molecule has 6 nitrogen and oxygen atoms in total. The van der Waals surface area contributed by atoms with Crippen LogP contribution in [0.3, 0.4) is 0 Å². The fraction of sp³-hybridized carbons (Fsp3) is 0.467. The summed E-state index contributed by atoms with van der Waals surface area (Å²) in [6.45, 7) is 8.28. The van der Waals surface area contributed by atoms with Gasteiger partial charge in [0.25, 0.3) is 5.91 Å². The van der Waals surface area contributed by atoms with Crippen LogP contribution in [-0.2, 0) is 0 Å². The number of hydrogen-bond acceptors (Lipinski definition) is 4. The van der Waals surface area contributed by atoms with Gasteiger partial charge in [0.2, 0.25) is 0 Å². The highest BCUT2D eigenvalue weighted by Gasteiger charge is 2.16. The molecule has 8 heteroatoms. The first-order valence-electron chi connectivity index (χ1n) is 7.06. The average molecular weight is 404 g/mol. The van der Waals surface area contributed by atoms with Crippen LogP contribution in [-0.4, -0.2) is 30.3 Å². The van der Waals surface area contributed by atoms with E-state index in [-0.39, 0.29) is 11.4 Å². The molecule has 0 saturated carbocycles. The summed E-state index contributed by atoms with van der Waals surface area (Å²) in [6, 6.07) is 3.26. The van der Waals surface area contributed by atoms with Crippen molar-refractivity contribution in [2.24, 2.45) is 0 Å². The largest absolute Gasteiger partial charge is 0.493 e. The van der Waals surface area contributed by atoms with Crippen molar-refractivity contribution < 1.29 is 14.3 Å². The Bertz CT molecular complexity index is 588. The van der Waals surface area contributed by atoms with Crippen LogP contribution in [0.5, 0.6) is 11.5 Å². The van der Waals surface area contributed by atoms with E-state index in [1.54, 1.807) is 12.1 Å². The standard InChI is InChI=1S/C15H22BrN3O3S/c1-6-22-12-10(16)7-9(8-11(12)21-5)13(20)18-19-14(23)17-15(2,3)4/h7-8H,6H2,1-5H3,(H,18,20)(H2,17,19,23). The zero-order valence-electron chi connectivity index (χ0n) is 13.9. The number of halogens is 1. The summed E-state index contributed by atoms with van der Waals surface area (Å²) in [5.41, 5.74) is 5.42. The number of carbonyl (C=O) groups is 1. The van der Waals surface area contributed by atoms with Crippen molar-refractivity contribution in [2.75, 3.05) is 13.7 Å². The average Bonchev–Trinajstić information content (AvgIpc) is 2.44. The molecule has 1 rings (SSSR count). The van der Waals surface area contributed by atoms with Crippen molar-refractivity contribution in [1.29, 1.82) is 0 Å². The molecule has 0 fully saturated rings. The minimum atomic E-state index is -0.342. The molecule has 1 aromatic carbocycles. The maximum atomic E-state index is 12.2. The van der Waals surface area contributed by atoms with E-state index in [1.165, 1.54) is 7.11 Å². The van der Waals surface area contributed by atoms with Crippen LogP contribution in [0.4, 0.5) is 0 Å². The molecule has 0 bridgehead atoms. The van der Waals surface area contributed by atoms with Crippen LogP contribution in [0.25, 0.3) is 0 Å². The number of hydrazine groups is 1. The summed E-state index contributed by atoms with van der Waals surface area (Å²) in [6.07, 6.45) is 0. The molecular weight excluding hydrogens is 382 g/mol. The van der Waals surface area contributed by atoms with Gasteiger partial charge in [0, 0.05) is 11.1 Å². The second kappa shape index (κ2) is 8.35. The normalized spacial score (nSPS) is 10.7. The van der Waals surface area contributed by atoms with Gasteiger partial charge < -0.3 is 14.8 Å². The molecule has 0 aliphatic carbocycles. The Balaban J connectivity index is 2.81. The number of methoxy groups -OCH3 is 1. The molecule has 0 aliphatic heterocycles. The first-order valence-corrected chi connectivity index (χ1v) is 8.27. The number of amides is 1. The van der Waals surface area contributed by atoms with Crippen molar-refractivity contribution in [3.8, 4) is 11.5 Å². The van der Waals surface area contributed by atoms with Crippen LogP contribution in [0, 0.1) is 0 Å². The van der Waals surface area contributed by atoms with Gasteiger partial charge in [-0.3, -0.25) is 15.6 Å². The number of nitrogens with one attached hydrogen (secondary N) is 3. The molecule has 1 amide bonds. The Hall–Kier alpha value is -1.54. The fourth-order valence-electron chi connectivity index (χ4n) is 1.69.